The van der Waals surface area contributed by atoms with E-state index in [4.69, 9.17) is 11.6 Å². The van der Waals surface area contributed by atoms with Crippen molar-refractivity contribution in [1.82, 2.24) is 10.2 Å². The van der Waals surface area contributed by atoms with Crippen LogP contribution in [0.2, 0.25) is 5.02 Å². The average Bonchev–Trinajstić information content (AvgIpc) is 2.98. The lowest BCUT2D eigenvalue weighted by Gasteiger charge is -2.29. The van der Waals surface area contributed by atoms with E-state index in [2.05, 4.69) is 17.1 Å². The molecule has 2 nitrogen and oxygen atoms in total. The van der Waals surface area contributed by atoms with Gasteiger partial charge < -0.3 is 5.32 Å². The minimum atomic E-state index is -1.24. The first-order valence-corrected chi connectivity index (χ1v) is 7.75. The SMILES string of the molecule is CC1(CN2CCC(F)(c3cccc(Cl)c3)C2)CCNC1.Cl. The monoisotopic (exact) mass is 332 g/mol. The Labute approximate surface area is 137 Å². The average molecular weight is 333 g/mol. The summed E-state index contributed by atoms with van der Waals surface area (Å²) in [5.74, 6) is 0. The molecule has 1 aromatic carbocycles. The lowest BCUT2D eigenvalue weighted by molar-refractivity contribution is 0.143. The van der Waals surface area contributed by atoms with Crippen molar-refractivity contribution in [2.75, 3.05) is 32.7 Å². The van der Waals surface area contributed by atoms with Crippen molar-refractivity contribution in [1.29, 1.82) is 0 Å². The molecular weight excluding hydrogens is 310 g/mol. The van der Waals surface area contributed by atoms with E-state index in [1.165, 1.54) is 6.42 Å². The Morgan fingerprint density at radius 1 is 1.38 bits per heavy atom. The summed E-state index contributed by atoms with van der Waals surface area (Å²) in [5, 5.41) is 4.02. The smallest absolute Gasteiger partial charge is 0.149 e. The summed E-state index contributed by atoms with van der Waals surface area (Å²) in [6, 6.07) is 7.26. The van der Waals surface area contributed by atoms with Crippen molar-refractivity contribution in [3.8, 4) is 0 Å². The van der Waals surface area contributed by atoms with Crippen molar-refractivity contribution in [3.63, 3.8) is 0 Å². The van der Waals surface area contributed by atoms with Crippen LogP contribution < -0.4 is 5.32 Å². The topological polar surface area (TPSA) is 15.3 Å². The molecule has 2 heterocycles. The fraction of sp³-hybridized carbons (Fsp3) is 0.625. The zero-order valence-corrected chi connectivity index (χ0v) is 13.9. The van der Waals surface area contributed by atoms with Crippen molar-refractivity contribution >= 4 is 24.0 Å². The van der Waals surface area contributed by atoms with E-state index in [-0.39, 0.29) is 12.4 Å². The minimum Gasteiger partial charge on any atom is -0.316 e. The van der Waals surface area contributed by atoms with E-state index in [9.17, 15) is 0 Å². The second kappa shape index (κ2) is 6.41. The van der Waals surface area contributed by atoms with E-state index in [0.717, 1.165) is 31.7 Å². The van der Waals surface area contributed by atoms with Crippen LogP contribution in [-0.2, 0) is 5.67 Å². The molecule has 0 aromatic heterocycles. The zero-order chi connectivity index (χ0) is 14.2. The molecule has 21 heavy (non-hydrogen) atoms. The second-order valence-corrected chi connectivity index (χ2v) is 7.11. The van der Waals surface area contributed by atoms with Gasteiger partial charge in [0.05, 0.1) is 0 Å². The van der Waals surface area contributed by atoms with Gasteiger partial charge in [-0.2, -0.15) is 0 Å². The summed E-state index contributed by atoms with van der Waals surface area (Å²) in [7, 11) is 0. The fourth-order valence-electron chi connectivity index (χ4n) is 3.53. The van der Waals surface area contributed by atoms with Crippen LogP contribution in [0.15, 0.2) is 24.3 Å². The van der Waals surface area contributed by atoms with E-state index in [1.807, 2.05) is 12.1 Å². The Hall–Kier alpha value is -0.350. The number of hydrogen-bond acceptors (Lipinski definition) is 2. The van der Waals surface area contributed by atoms with E-state index in [0.29, 0.717) is 23.4 Å². The molecule has 2 unspecified atom stereocenters. The highest BCUT2D eigenvalue weighted by atomic mass is 35.5. The largest absolute Gasteiger partial charge is 0.316 e. The molecular formula is C16H23Cl2FN2. The molecule has 0 aliphatic carbocycles. The number of halogens is 3. The summed E-state index contributed by atoms with van der Waals surface area (Å²) in [6.07, 6.45) is 1.75. The number of hydrogen-bond donors (Lipinski definition) is 1. The molecule has 2 atom stereocenters. The van der Waals surface area contributed by atoms with Crippen LogP contribution in [0.25, 0.3) is 0 Å². The molecule has 0 amide bonds. The predicted octanol–water partition coefficient (Wildman–Crippen LogP) is 3.63. The van der Waals surface area contributed by atoms with E-state index >= 15 is 4.39 Å². The Morgan fingerprint density at radius 2 is 2.19 bits per heavy atom. The van der Waals surface area contributed by atoms with Crippen LogP contribution >= 0.6 is 24.0 Å². The Balaban J connectivity index is 0.00000161. The van der Waals surface area contributed by atoms with Crippen molar-refractivity contribution in [2.45, 2.75) is 25.4 Å². The second-order valence-electron chi connectivity index (χ2n) is 6.67. The van der Waals surface area contributed by atoms with E-state index in [1.54, 1.807) is 12.1 Å². The fourth-order valence-corrected chi connectivity index (χ4v) is 3.72. The first-order chi connectivity index (χ1) is 9.49. The molecule has 0 bridgehead atoms. The summed E-state index contributed by atoms with van der Waals surface area (Å²) >= 11 is 5.99. The molecule has 2 fully saturated rings. The molecule has 0 saturated carbocycles. The van der Waals surface area contributed by atoms with Crippen molar-refractivity contribution < 1.29 is 4.39 Å². The van der Waals surface area contributed by atoms with Crippen LogP contribution in [0.1, 0.15) is 25.3 Å². The molecule has 0 spiro atoms. The Bertz CT molecular complexity index is 491. The number of alkyl halides is 1. The standard InChI is InChI=1S/C16H22ClFN2.ClH/c1-15(5-7-19-10-15)11-20-8-6-16(18,12-20)13-3-2-4-14(17)9-13;/h2-4,9,19H,5-8,10-12H2,1H3;1H. The minimum absolute atomic E-state index is 0. The van der Waals surface area contributed by atoms with Gasteiger partial charge in [-0.05, 0) is 42.5 Å². The summed E-state index contributed by atoms with van der Waals surface area (Å²) in [6.45, 7) is 6.72. The molecule has 2 aliphatic rings. The van der Waals surface area contributed by atoms with Crippen molar-refractivity contribution in [3.05, 3.63) is 34.9 Å². The summed E-state index contributed by atoms with van der Waals surface area (Å²) < 4.78 is 15.2. The first-order valence-electron chi connectivity index (χ1n) is 7.37. The van der Waals surface area contributed by atoms with Crippen LogP contribution in [0.5, 0.6) is 0 Å². The summed E-state index contributed by atoms with van der Waals surface area (Å²) in [4.78, 5) is 2.27. The van der Waals surface area contributed by atoms with E-state index < -0.39 is 5.67 Å². The molecule has 1 aromatic rings. The predicted molar refractivity (Wildman–Crippen MR) is 88.1 cm³/mol. The van der Waals surface area contributed by atoms with Gasteiger partial charge in [0.15, 0.2) is 0 Å². The van der Waals surface area contributed by atoms with Crippen LogP contribution in [-0.4, -0.2) is 37.6 Å². The Morgan fingerprint density at radius 3 is 2.86 bits per heavy atom. The molecule has 2 aliphatic heterocycles. The highest BCUT2D eigenvalue weighted by Gasteiger charge is 2.42. The normalized spacial score (nSPS) is 33.1. The van der Waals surface area contributed by atoms with Crippen LogP contribution in [0.3, 0.4) is 0 Å². The third-order valence-corrected chi connectivity index (χ3v) is 4.94. The van der Waals surface area contributed by atoms with Gasteiger partial charge in [0.25, 0.3) is 0 Å². The van der Waals surface area contributed by atoms with Gasteiger partial charge in [-0.3, -0.25) is 4.90 Å². The molecule has 118 valence electrons. The first kappa shape index (κ1) is 17.0. The third kappa shape index (κ3) is 3.70. The highest BCUT2D eigenvalue weighted by Crippen LogP contribution is 2.38. The maximum atomic E-state index is 15.2. The lowest BCUT2D eigenvalue weighted by Crippen LogP contribution is -2.37. The van der Waals surface area contributed by atoms with Crippen LogP contribution in [0, 0.1) is 5.41 Å². The quantitative estimate of drug-likeness (QED) is 0.909. The number of benzene rings is 1. The number of likely N-dealkylation sites (tertiary alicyclic amines) is 1. The molecule has 5 heteroatoms. The van der Waals surface area contributed by atoms with Gasteiger partial charge in [-0.25, -0.2) is 4.39 Å². The molecule has 3 rings (SSSR count). The number of rotatable bonds is 3. The van der Waals surface area contributed by atoms with Gasteiger partial charge in [-0.1, -0.05) is 30.7 Å². The zero-order valence-electron chi connectivity index (χ0n) is 12.4. The van der Waals surface area contributed by atoms with Crippen LogP contribution in [0.4, 0.5) is 4.39 Å². The van der Waals surface area contributed by atoms with Gasteiger partial charge in [0.1, 0.15) is 5.67 Å². The lowest BCUT2D eigenvalue weighted by atomic mass is 9.89. The van der Waals surface area contributed by atoms with Gasteiger partial charge in [0.2, 0.25) is 0 Å². The highest BCUT2D eigenvalue weighted by molar-refractivity contribution is 6.30. The van der Waals surface area contributed by atoms with Gasteiger partial charge >= 0.3 is 0 Å². The van der Waals surface area contributed by atoms with Crippen molar-refractivity contribution in [2.24, 2.45) is 5.41 Å². The van der Waals surface area contributed by atoms with Gasteiger partial charge in [-0.15, -0.1) is 12.4 Å². The Kier molecular flexibility index (Phi) is 5.19. The third-order valence-electron chi connectivity index (χ3n) is 4.70. The number of nitrogens with one attached hydrogen (secondary N) is 1. The molecule has 1 N–H and O–H groups in total. The maximum Gasteiger partial charge on any atom is 0.149 e. The van der Waals surface area contributed by atoms with Gasteiger partial charge in [0, 0.05) is 31.2 Å². The number of nitrogens with zero attached hydrogens (tertiary/aromatic N) is 1. The summed E-state index contributed by atoms with van der Waals surface area (Å²) in [5.41, 5.74) is -0.227. The molecule has 2 saturated heterocycles. The maximum absolute atomic E-state index is 15.2. The molecule has 0 radical (unpaired) electrons.